The number of allylic oxidation sites excluding steroid dienone is 6. The molecule has 0 aliphatic carbocycles. The maximum atomic E-state index is 12.1. The third kappa shape index (κ3) is 10.0. The molecule has 0 spiro atoms. The second kappa shape index (κ2) is 14.6. The maximum Gasteiger partial charge on any atom is 0.170 e. The number of phenols is 3. The normalized spacial score (nSPS) is 11.9. The lowest BCUT2D eigenvalue weighted by atomic mass is 10.0. The van der Waals surface area contributed by atoms with E-state index in [2.05, 4.69) is 43.4 Å². The van der Waals surface area contributed by atoms with E-state index in [0.717, 1.165) is 37.8 Å². The molecule has 0 saturated heterocycles. The molecule has 28 heavy (non-hydrogen) atoms. The van der Waals surface area contributed by atoms with Crippen LogP contribution in [0.4, 0.5) is 0 Å². The first kappa shape index (κ1) is 23.5. The molecule has 0 heterocycles. The molecule has 4 nitrogen and oxygen atoms in total. The lowest BCUT2D eigenvalue weighted by Gasteiger charge is -2.06. The lowest BCUT2D eigenvalue weighted by molar-refractivity contribution is 0.0974. The summed E-state index contributed by atoms with van der Waals surface area (Å²) in [6, 6.07) is 2.12. The van der Waals surface area contributed by atoms with Crippen LogP contribution in [0.3, 0.4) is 0 Å². The monoisotopic (exact) mass is 386 g/mol. The van der Waals surface area contributed by atoms with E-state index in [1.54, 1.807) is 0 Å². The van der Waals surface area contributed by atoms with Gasteiger partial charge in [-0.1, -0.05) is 56.2 Å². The van der Waals surface area contributed by atoms with Crippen molar-refractivity contribution in [2.45, 2.75) is 71.1 Å². The van der Waals surface area contributed by atoms with Crippen molar-refractivity contribution in [3.63, 3.8) is 0 Å². The van der Waals surface area contributed by atoms with Gasteiger partial charge >= 0.3 is 0 Å². The number of aromatic hydroxyl groups is 3. The van der Waals surface area contributed by atoms with Gasteiger partial charge in [0, 0.05) is 18.6 Å². The molecule has 1 rings (SSSR count). The SMILES string of the molecule is CCCCC/C=C\C/C=C\C/C=C\CCCCC(=O)c1c(O)cc(O)cc1O. The number of carbonyl (C=O) groups excluding carboxylic acids is 1. The van der Waals surface area contributed by atoms with Crippen LogP contribution in [0.2, 0.25) is 0 Å². The second-order valence-electron chi connectivity index (χ2n) is 6.91. The molecule has 4 heteroatoms. The first-order valence-corrected chi connectivity index (χ1v) is 10.3. The van der Waals surface area contributed by atoms with Crippen LogP contribution < -0.4 is 0 Å². The van der Waals surface area contributed by atoms with Crippen LogP contribution in [0.25, 0.3) is 0 Å². The summed E-state index contributed by atoms with van der Waals surface area (Å²) < 4.78 is 0. The molecule has 1 aromatic carbocycles. The van der Waals surface area contributed by atoms with Crippen molar-refractivity contribution in [2.75, 3.05) is 0 Å². The Morgan fingerprint density at radius 2 is 1.29 bits per heavy atom. The van der Waals surface area contributed by atoms with Crippen LogP contribution in [0.15, 0.2) is 48.6 Å². The molecule has 3 N–H and O–H groups in total. The molecule has 0 saturated carbocycles. The molecule has 0 aliphatic rings. The minimum Gasteiger partial charge on any atom is -0.508 e. The third-order valence-corrected chi connectivity index (χ3v) is 4.40. The van der Waals surface area contributed by atoms with Crippen molar-refractivity contribution in [3.05, 3.63) is 54.2 Å². The fraction of sp³-hybridized carbons (Fsp3) is 0.458. The summed E-state index contributed by atoms with van der Waals surface area (Å²) in [5.74, 6) is -1.35. The van der Waals surface area contributed by atoms with Gasteiger partial charge in [0.15, 0.2) is 5.78 Å². The summed E-state index contributed by atoms with van der Waals surface area (Å²) in [6.07, 6.45) is 22.7. The van der Waals surface area contributed by atoms with Gasteiger partial charge < -0.3 is 15.3 Å². The Bertz CT molecular complexity index is 648. The van der Waals surface area contributed by atoms with Gasteiger partial charge in [0.25, 0.3) is 0 Å². The van der Waals surface area contributed by atoms with Crippen molar-refractivity contribution in [3.8, 4) is 17.2 Å². The number of phenolic OH excluding ortho intramolecular Hbond substituents is 3. The minimum atomic E-state index is -0.384. The fourth-order valence-electron chi connectivity index (χ4n) is 2.85. The summed E-state index contributed by atoms with van der Waals surface area (Å²) in [6.45, 7) is 2.22. The highest BCUT2D eigenvalue weighted by Gasteiger charge is 2.17. The van der Waals surface area contributed by atoms with Crippen molar-refractivity contribution in [1.29, 1.82) is 0 Å². The smallest absolute Gasteiger partial charge is 0.170 e. The number of rotatable bonds is 14. The van der Waals surface area contributed by atoms with E-state index in [-0.39, 0.29) is 35.0 Å². The number of unbranched alkanes of at least 4 members (excludes halogenated alkanes) is 5. The second-order valence-corrected chi connectivity index (χ2v) is 6.91. The topological polar surface area (TPSA) is 77.8 Å². The van der Waals surface area contributed by atoms with Gasteiger partial charge in [-0.2, -0.15) is 0 Å². The third-order valence-electron chi connectivity index (χ3n) is 4.40. The Balaban J connectivity index is 2.12. The molecule has 1 aromatic rings. The van der Waals surface area contributed by atoms with Crippen LogP contribution in [-0.2, 0) is 0 Å². The number of hydrogen-bond donors (Lipinski definition) is 3. The maximum absolute atomic E-state index is 12.1. The Morgan fingerprint density at radius 1 is 0.786 bits per heavy atom. The van der Waals surface area contributed by atoms with Crippen LogP contribution >= 0.6 is 0 Å². The quantitative estimate of drug-likeness (QED) is 0.192. The average molecular weight is 387 g/mol. The predicted octanol–water partition coefficient (Wildman–Crippen LogP) is 6.58. The molecule has 0 radical (unpaired) electrons. The van der Waals surface area contributed by atoms with Crippen LogP contribution in [0, 0.1) is 0 Å². The first-order valence-electron chi connectivity index (χ1n) is 10.3. The standard InChI is InChI=1S/C24H34O4/c1-2-3-4-5-6-7-8-9-10-11-12-13-14-15-16-17-21(26)24-22(27)18-20(25)19-23(24)28/h6-7,9-10,12-13,18-19,25,27-28H,2-5,8,11,14-17H2,1H3/b7-6-,10-9-,13-12-. The molecule has 0 atom stereocenters. The number of Topliss-reactive ketones (excluding diaryl/α,β-unsaturated/α-hetero) is 1. The first-order chi connectivity index (χ1) is 13.6. The zero-order valence-electron chi connectivity index (χ0n) is 16.9. The van der Waals surface area contributed by atoms with Gasteiger partial charge in [-0.25, -0.2) is 0 Å². The molecule has 0 fully saturated rings. The Morgan fingerprint density at radius 3 is 1.82 bits per heavy atom. The zero-order chi connectivity index (χ0) is 20.6. The summed E-state index contributed by atoms with van der Waals surface area (Å²) >= 11 is 0. The molecular weight excluding hydrogens is 352 g/mol. The fourth-order valence-corrected chi connectivity index (χ4v) is 2.85. The van der Waals surface area contributed by atoms with E-state index < -0.39 is 0 Å². The van der Waals surface area contributed by atoms with E-state index >= 15 is 0 Å². The van der Waals surface area contributed by atoms with Crippen LogP contribution in [0.5, 0.6) is 17.2 Å². The van der Waals surface area contributed by atoms with Gasteiger partial charge in [-0.15, -0.1) is 0 Å². The highest BCUT2D eigenvalue weighted by atomic mass is 16.3. The highest BCUT2D eigenvalue weighted by molar-refractivity contribution is 6.01. The summed E-state index contributed by atoms with van der Waals surface area (Å²) in [5.41, 5.74) is -0.113. The predicted molar refractivity (Wildman–Crippen MR) is 115 cm³/mol. The lowest BCUT2D eigenvalue weighted by Crippen LogP contribution is -2.00. The minimum absolute atomic E-state index is 0.113. The molecular formula is C24H34O4. The summed E-state index contributed by atoms with van der Waals surface area (Å²) in [7, 11) is 0. The molecule has 0 unspecified atom stereocenters. The van der Waals surface area contributed by atoms with Gasteiger partial charge in [0.2, 0.25) is 0 Å². The number of carbonyl (C=O) groups is 1. The summed E-state index contributed by atoms with van der Waals surface area (Å²) in [4.78, 5) is 12.1. The largest absolute Gasteiger partial charge is 0.508 e. The van der Waals surface area contributed by atoms with E-state index in [0.29, 0.717) is 6.42 Å². The van der Waals surface area contributed by atoms with E-state index in [1.165, 1.54) is 25.7 Å². The van der Waals surface area contributed by atoms with E-state index in [1.807, 2.05) is 0 Å². The van der Waals surface area contributed by atoms with Crippen molar-refractivity contribution >= 4 is 5.78 Å². The van der Waals surface area contributed by atoms with E-state index in [4.69, 9.17) is 0 Å². The number of hydrogen-bond acceptors (Lipinski definition) is 4. The molecule has 0 aromatic heterocycles. The molecule has 0 bridgehead atoms. The molecule has 154 valence electrons. The van der Waals surface area contributed by atoms with Gasteiger partial charge in [-0.3, -0.25) is 4.79 Å². The zero-order valence-corrected chi connectivity index (χ0v) is 16.9. The van der Waals surface area contributed by atoms with Gasteiger partial charge in [0.05, 0.1) is 0 Å². The van der Waals surface area contributed by atoms with Crippen molar-refractivity contribution < 1.29 is 20.1 Å². The molecule has 0 aliphatic heterocycles. The van der Waals surface area contributed by atoms with Crippen LogP contribution in [0.1, 0.15) is 81.5 Å². The van der Waals surface area contributed by atoms with Crippen molar-refractivity contribution in [2.24, 2.45) is 0 Å². The highest BCUT2D eigenvalue weighted by Crippen LogP contribution is 2.33. The number of ketones is 1. The van der Waals surface area contributed by atoms with Crippen molar-refractivity contribution in [1.82, 2.24) is 0 Å². The van der Waals surface area contributed by atoms with Crippen LogP contribution in [-0.4, -0.2) is 21.1 Å². The van der Waals surface area contributed by atoms with E-state index in [9.17, 15) is 20.1 Å². The average Bonchev–Trinajstić information content (AvgIpc) is 2.64. The Kier molecular flexibility index (Phi) is 12.2. The Hall–Kier alpha value is -2.49. The van der Waals surface area contributed by atoms with Gasteiger partial charge in [0.1, 0.15) is 22.8 Å². The number of benzene rings is 1. The summed E-state index contributed by atoms with van der Waals surface area (Å²) in [5, 5.41) is 28.7. The Labute approximate surface area is 168 Å². The molecule has 0 amide bonds. The van der Waals surface area contributed by atoms with Gasteiger partial charge in [-0.05, 0) is 44.9 Å².